The topological polar surface area (TPSA) is 34.1 Å². The van der Waals surface area contributed by atoms with Crippen LogP contribution in [0.3, 0.4) is 0 Å². The molecular weight excluding hydrogens is 212 g/mol. The molecule has 0 heterocycles. The molecule has 1 aromatic carbocycles. The van der Waals surface area contributed by atoms with Crippen LogP contribution in [-0.2, 0) is 10.2 Å². The van der Waals surface area contributed by atoms with Crippen LogP contribution in [0.2, 0.25) is 0 Å². The molecule has 0 aliphatic heterocycles. The minimum atomic E-state index is -5.58. The number of halogens is 4. The molecular formula is C6H2F4O2S. The number of benzene rings is 1. The van der Waals surface area contributed by atoms with E-state index in [1.165, 1.54) is 0 Å². The van der Waals surface area contributed by atoms with Crippen molar-refractivity contribution < 1.29 is 25.5 Å². The zero-order chi connectivity index (χ0) is 10.2. The largest absolute Gasteiger partial charge is 0.338 e. The third-order valence-electron chi connectivity index (χ3n) is 1.25. The summed E-state index contributed by atoms with van der Waals surface area (Å²) in [5, 5.41) is 0. The summed E-state index contributed by atoms with van der Waals surface area (Å²) in [5.41, 5.74) is 0. The van der Waals surface area contributed by atoms with Crippen molar-refractivity contribution in [3.05, 3.63) is 29.6 Å². The van der Waals surface area contributed by atoms with Gasteiger partial charge in [0.25, 0.3) is 0 Å². The van der Waals surface area contributed by atoms with Gasteiger partial charge in [-0.2, -0.15) is 8.42 Å². The maximum absolute atomic E-state index is 12.5. The van der Waals surface area contributed by atoms with Crippen LogP contribution in [0.15, 0.2) is 17.0 Å². The molecule has 0 atom stereocenters. The zero-order valence-corrected chi connectivity index (χ0v) is 6.71. The summed E-state index contributed by atoms with van der Waals surface area (Å²) in [6, 6.07) is 0.685. The smallest absolute Gasteiger partial charge is 0.205 e. The summed E-state index contributed by atoms with van der Waals surface area (Å²) < 4.78 is 69.7. The van der Waals surface area contributed by atoms with Gasteiger partial charge in [0.05, 0.1) is 0 Å². The van der Waals surface area contributed by atoms with Crippen LogP contribution in [0, 0.1) is 17.5 Å². The summed E-state index contributed by atoms with van der Waals surface area (Å²) in [6.45, 7) is 0. The van der Waals surface area contributed by atoms with E-state index < -0.39 is 32.6 Å². The minimum Gasteiger partial charge on any atom is -0.205 e. The molecule has 0 bridgehead atoms. The Morgan fingerprint density at radius 3 is 1.85 bits per heavy atom. The molecule has 2 nitrogen and oxygen atoms in total. The average Bonchev–Trinajstić information content (AvgIpc) is 1.95. The van der Waals surface area contributed by atoms with Gasteiger partial charge in [-0.05, 0) is 12.1 Å². The molecule has 0 aromatic heterocycles. The predicted octanol–water partition coefficient (Wildman–Crippen LogP) is 1.76. The van der Waals surface area contributed by atoms with Crippen LogP contribution in [-0.4, -0.2) is 8.42 Å². The minimum absolute atomic E-state index is 0.324. The van der Waals surface area contributed by atoms with E-state index in [0.717, 1.165) is 0 Å². The van der Waals surface area contributed by atoms with Crippen LogP contribution in [0.4, 0.5) is 17.1 Å². The Kier molecular flexibility index (Phi) is 2.29. The molecule has 0 N–H and O–H groups in total. The van der Waals surface area contributed by atoms with E-state index >= 15 is 0 Å². The quantitative estimate of drug-likeness (QED) is 0.405. The van der Waals surface area contributed by atoms with Gasteiger partial charge in [-0.3, -0.25) is 0 Å². The standard InChI is InChI=1S/C6H2F4O2S/c7-3-1-2-4(8)6(5(3)9)13(10,11)12/h1-2H. The highest BCUT2D eigenvalue weighted by Gasteiger charge is 2.25. The molecule has 7 heteroatoms. The fourth-order valence-corrected chi connectivity index (χ4v) is 1.34. The van der Waals surface area contributed by atoms with Gasteiger partial charge in [0, 0.05) is 0 Å². The maximum Gasteiger partial charge on any atom is 0.338 e. The second-order valence-corrected chi connectivity index (χ2v) is 3.39. The Morgan fingerprint density at radius 1 is 1.00 bits per heavy atom. The molecule has 0 saturated heterocycles. The van der Waals surface area contributed by atoms with E-state index in [9.17, 15) is 25.5 Å². The summed E-state index contributed by atoms with van der Waals surface area (Å²) in [5.74, 6) is -5.35. The number of hydrogen-bond acceptors (Lipinski definition) is 2. The molecule has 0 aliphatic rings. The highest BCUT2D eigenvalue weighted by molar-refractivity contribution is 7.86. The van der Waals surface area contributed by atoms with E-state index in [-0.39, 0.29) is 0 Å². The SMILES string of the molecule is O=S(=O)(F)c1c(F)ccc(F)c1F. The first-order valence-electron chi connectivity index (χ1n) is 2.92. The van der Waals surface area contributed by atoms with Crippen LogP contribution < -0.4 is 0 Å². The van der Waals surface area contributed by atoms with Crippen molar-refractivity contribution in [2.75, 3.05) is 0 Å². The zero-order valence-electron chi connectivity index (χ0n) is 5.89. The summed E-state index contributed by atoms with van der Waals surface area (Å²) in [7, 11) is -5.58. The first-order chi connectivity index (χ1) is 5.84. The molecule has 1 rings (SSSR count). The second-order valence-electron chi connectivity index (χ2n) is 2.11. The maximum atomic E-state index is 12.5. The van der Waals surface area contributed by atoms with Gasteiger partial charge in [-0.25, -0.2) is 13.2 Å². The van der Waals surface area contributed by atoms with Crippen LogP contribution >= 0.6 is 0 Å². The predicted molar refractivity (Wildman–Crippen MR) is 34.6 cm³/mol. The lowest BCUT2D eigenvalue weighted by atomic mass is 10.3. The van der Waals surface area contributed by atoms with Gasteiger partial charge in [-0.15, -0.1) is 3.89 Å². The summed E-state index contributed by atoms with van der Waals surface area (Å²) >= 11 is 0. The molecule has 0 amide bonds. The molecule has 72 valence electrons. The molecule has 13 heavy (non-hydrogen) atoms. The van der Waals surface area contributed by atoms with Crippen molar-refractivity contribution in [1.29, 1.82) is 0 Å². The first-order valence-corrected chi connectivity index (χ1v) is 4.30. The van der Waals surface area contributed by atoms with Gasteiger partial charge < -0.3 is 0 Å². The third kappa shape index (κ3) is 1.80. The van der Waals surface area contributed by atoms with Crippen molar-refractivity contribution >= 4 is 10.2 Å². The van der Waals surface area contributed by atoms with Crippen LogP contribution in [0.25, 0.3) is 0 Å². The first kappa shape index (κ1) is 9.97. The second kappa shape index (κ2) is 2.99. The van der Waals surface area contributed by atoms with Crippen molar-refractivity contribution in [3.8, 4) is 0 Å². The van der Waals surface area contributed by atoms with Crippen molar-refractivity contribution in [1.82, 2.24) is 0 Å². The van der Waals surface area contributed by atoms with E-state index in [2.05, 4.69) is 0 Å². The summed E-state index contributed by atoms with van der Waals surface area (Å²) in [4.78, 5) is -1.90. The lowest BCUT2D eigenvalue weighted by molar-refractivity contribution is 0.451. The molecule has 1 aromatic rings. The molecule has 0 aliphatic carbocycles. The van der Waals surface area contributed by atoms with E-state index in [1.807, 2.05) is 0 Å². The third-order valence-corrected chi connectivity index (χ3v) is 2.11. The Morgan fingerprint density at radius 2 is 1.46 bits per heavy atom. The van der Waals surface area contributed by atoms with Crippen molar-refractivity contribution in [2.45, 2.75) is 4.90 Å². The molecule has 0 unspecified atom stereocenters. The van der Waals surface area contributed by atoms with Gasteiger partial charge in [0.15, 0.2) is 16.5 Å². The Bertz CT molecular complexity index is 440. The lowest BCUT2D eigenvalue weighted by Gasteiger charge is -1.99. The summed E-state index contributed by atoms with van der Waals surface area (Å²) in [6.07, 6.45) is 0. The van der Waals surface area contributed by atoms with Crippen molar-refractivity contribution in [3.63, 3.8) is 0 Å². The van der Waals surface area contributed by atoms with Gasteiger partial charge >= 0.3 is 10.2 Å². The normalized spacial score (nSPS) is 11.7. The molecule has 0 fully saturated rings. The fraction of sp³-hybridized carbons (Fsp3) is 0. The van der Waals surface area contributed by atoms with E-state index in [0.29, 0.717) is 12.1 Å². The Labute approximate surface area is 71.0 Å². The molecule has 0 spiro atoms. The van der Waals surface area contributed by atoms with Crippen molar-refractivity contribution in [2.24, 2.45) is 0 Å². The van der Waals surface area contributed by atoms with Gasteiger partial charge in [0.1, 0.15) is 5.82 Å². The van der Waals surface area contributed by atoms with E-state index in [1.54, 1.807) is 0 Å². The highest BCUT2D eigenvalue weighted by Crippen LogP contribution is 2.22. The lowest BCUT2D eigenvalue weighted by Crippen LogP contribution is -2.02. The van der Waals surface area contributed by atoms with Gasteiger partial charge in [0.2, 0.25) is 0 Å². The Hall–Kier alpha value is -1.11. The molecule has 0 saturated carbocycles. The highest BCUT2D eigenvalue weighted by atomic mass is 32.3. The van der Waals surface area contributed by atoms with Gasteiger partial charge in [-0.1, -0.05) is 0 Å². The van der Waals surface area contributed by atoms with Crippen LogP contribution in [0.1, 0.15) is 0 Å². The average molecular weight is 214 g/mol. The monoisotopic (exact) mass is 214 g/mol. The molecule has 0 radical (unpaired) electrons. The number of hydrogen-bond donors (Lipinski definition) is 0. The van der Waals surface area contributed by atoms with Crippen LogP contribution in [0.5, 0.6) is 0 Å². The van der Waals surface area contributed by atoms with E-state index in [4.69, 9.17) is 0 Å². The fourth-order valence-electron chi connectivity index (χ4n) is 0.732. The Balaban J connectivity index is 3.62. The number of rotatable bonds is 1.